The van der Waals surface area contributed by atoms with E-state index in [0.29, 0.717) is 13.0 Å². The first-order chi connectivity index (χ1) is 7.74. The van der Waals surface area contributed by atoms with E-state index in [1.807, 2.05) is 23.1 Å². The van der Waals surface area contributed by atoms with E-state index in [2.05, 4.69) is 13.0 Å². The van der Waals surface area contributed by atoms with Gasteiger partial charge in [-0.3, -0.25) is 4.79 Å². The number of anilines is 1. The number of para-hydroxylation sites is 1. The third kappa shape index (κ3) is 2.79. The van der Waals surface area contributed by atoms with Crippen LogP contribution < -0.4 is 10.6 Å². The molecule has 0 saturated carbocycles. The van der Waals surface area contributed by atoms with Crippen molar-refractivity contribution in [3.8, 4) is 0 Å². The molecular weight excluding hydrogens is 236 g/mol. The molecule has 1 heterocycles. The van der Waals surface area contributed by atoms with Crippen LogP contribution in [0.15, 0.2) is 24.3 Å². The van der Waals surface area contributed by atoms with E-state index in [1.54, 1.807) is 0 Å². The number of fused-ring (bicyclic) bond motifs is 1. The second kappa shape index (κ2) is 6.03. The molecule has 0 spiro atoms. The molecule has 1 atom stereocenters. The van der Waals surface area contributed by atoms with Crippen molar-refractivity contribution in [2.24, 2.45) is 5.73 Å². The number of carbonyl (C=O) groups is 1. The van der Waals surface area contributed by atoms with Crippen LogP contribution in [0.25, 0.3) is 0 Å². The number of hydrogen-bond acceptors (Lipinski definition) is 2. The smallest absolute Gasteiger partial charge is 0.228 e. The first kappa shape index (κ1) is 14.0. The zero-order chi connectivity index (χ0) is 11.5. The summed E-state index contributed by atoms with van der Waals surface area (Å²) in [5.74, 6) is 0.141. The molecule has 4 heteroatoms. The Kier molecular flexibility index (Phi) is 4.97. The molecular formula is C13H19ClN2O. The monoisotopic (exact) mass is 254 g/mol. The van der Waals surface area contributed by atoms with E-state index in [-0.39, 0.29) is 24.4 Å². The molecule has 2 N–H and O–H groups in total. The Balaban J connectivity index is 0.00000144. The van der Waals surface area contributed by atoms with Crippen molar-refractivity contribution in [3.05, 3.63) is 29.8 Å². The van der Waals surface area contributed by atoms with Crippen LogP contribution in [0.4, 0.5) is 5.69 Å². The Morgan fingerprint density at radius 2 is 2.18 bits per heavy atom. The molecule has 17 heavy (non-hydrogen) atoms. The van der Waals surface area contributed by atoms with Gasteiger partial charge in [0.25, 0.3) is 0 Å². The third-order valence-corrected chi connectivity index (χ3v) is 3.15. The maximum absolute atomic E-state index is 12.0. The van der Waals surface area contributed by atoms with E-state index >= 15 is 0 Å². The Morgan fingerprint density at radius 1 is 1.47 bits per heavy atom. The highest BCUT2D eigenvalue weighted by atomic mass is 35.5. The number of hydrogen-bond donors (Lipinski definition) is 1. The summed E-state index contributed by atoms with van der Waals surface area (Å²) in [6.07, 6.45) is 2.52. The first-order valence-electron chi connectivity index (χ1n) is 5.84. The van der Waals surface area contributed by atoms with Crippen LogP contribution in [0, 0.1) is 0 Å². The van der Waals surface area contributed by atoms with Crippen LogP contribution in [0.2, 0.25) is 0 Å². The van der Waals surface area contributed by atoms with Crippen molar-refractivity contribution in [1.29, 1.82) is 0 Å². The van der Waals surface area contributed by atoms with E-state index in [4.69, 9.17) is 5.73 Å². The van der Waals surface area contributed by atoms with Crippen LogP contribution in [-0.4, -0.2) is 18.5 Å². The quantitative estimate of drug-likeness (QED) is 0.879. The Labute approximate surface area is 108 Å². The number of halogens is 1. The molecule has 94 valence electrons. The highest BCUT2D eigenvalue weighted by molar-refractivity contribution is 5.95. The van der Waals surface area contributed by atoms with Crippen LogP contribution in [0.1, 0.15) is 25.3 Å². The number of carbonyl (C=O) groups excluding carboxylic acids is 1. The summed E-state index contributed by atoms with van der Waals surface area (Å²) in [5, 5.41) is 0. The second-order valence-corrected chi connectivity index (χ2v) is 4.32. The maximum atomic E-state index is 12.0. The van der Waals surface area contributed by atoms with E-state index in [9.17, 15) is 4.79 Å². The van der Waals surface area contributed by atoms with Gasteiger partial charge >= 0.3 is 0 Å². The third-order valence-electron chi connectivity index (χ3n) is 3.15. The molecule has 1 aliphatic heterocycles. The van der Waals surface area contributed by atoms with Crippen molar-refractivity contribution < 1.29 is 4.79 Å². The minimum Gasteiger partial charge on any atom is -0.330 e. The summed E-state index contributed by atoms with van der Waals surface area (Å²) < 4.78 is 0. The predicted molar refractivity (Wildman–Crippen MR) is 72.6 cm³/mol. The van der Waals surface area contributed by atoms with E-state index in [1.165, 1.54) is 5.56 Å². The van der Waals surface area contributed by atoms with Gasteiger partial charge in [-0.1, -0.05) is 18.2 Å². The van der Waals surface area contributed by atoms with Gasteiger partial charge in [0, 0.05) is 24.7 Å². The Bertz CT molecular complexity index is 395. The van der Waals surface area contributed by atoms with Gasteiger partial charge in [0.2, 0.25) is 5.91 Å². The van der Waals surface area contributed by atoms with Gasteiger partial charge in [0.1, 0.15) is 0 Å². The second-order valence-electron chi connectivity index (χ2n) is 4.32. The minimum absolute atomic E-state index is 0. The van der Waals surface area contributed by atoms with Crippen molar-refractivity contribution in [2.75, 3.05) is 11.4 Å². The largest absolute Gasteiger partial charge is 0.330 e. The summed E-state index contributed by atoms with van der Waals surface area (Å²) in [4.78, 5) is 13.9. The van der Waals surface area contributed by atoms with Crippen molar-refractivity contribution >= 4 is 24.0 Å². The van der Waals surface area contributed by atoms with Gasteiger partial charge in [-0.25, -0.2) is 0 Å². The lowest BCUT2D eigenvalue weighted by Gasteiger charge is -2.35. The molecule has 0 bridgehead atoms. The number of amides is 1. The van der Waals surface area contributed by atoms with Crippen molar-refractivity contribution in [2.45, 2.75) is 32.2 Å². The summed E-state index contributed by atoms with van der Waals surface area (Å²) >= 11 is 0. The van der Waals surface area contributed by atoms with Gasteiger partial charge in [0.05, 0.1) is 0 Å². The maximum Gasteiger partial charge on any atom is 0.228 e. The highest BCUT2D eigenvalue weighted by Crippen LogP contribution is 2.30. The average Bonchev–Trinajstić information content (AvgIpc) is 2.29. The average molecular weight is 255 g/mol. The van der Waals surface area contributed by atoms with Gasteiger partial charge in [-0.05, 0) is 31.4 Å². The zero-order valence-corrected chi connectivity index (χ0v) is 10.9. The number of benzene rings is 1. The standard InChI is InChI=1S/C13H18N2O.ClH/c1-10-6-7-11-4-2-3-5-12(11)15(10)13(16)8-9-14;/h2-5,10H,6-9,14H2,1H3;1H. The fourth-order valence-electron chi connectivity index (χ4n) is 2.31. The first-order valence-corrected chi connectivity index (χ1v) is 5.84. The number of aryl methyl sites for hydroxylation is 1. The van der Waals surface area contributed by atoms with Gasteiger partial charge in [-0.15, -0.1) is 12.4 Å². The lowest BCUT2D eigenvalue weighted by Crippen LogP contribution is -2.42. The summed E-state index contributed by atoms with van der Waals surface area (Å²) in [6, 6.07) is 8.43. The SMILES string of the molecule is CC1CCc2ccccc2N1C(=O)CCN.Cl. The molecule has 0 radical (unpaired) electrons. The molecule has 1 aliphatic rings. The number of nitrogens with two attached hydrogens (primary N) is 1. The van der Waals surface area contributed by atoms with Crippen molar-refractivity contribution in [1.82, 2.24) is 0 Å². The molecule has 3 nitrogen and oxygen atoms in total. The molecule has 0 saturated heterocycles. The normalized spacial score (nSPS) is 18.2. The summed E-state index contributed by atoms with van der Waals surface area (Å²) in [6.45, 7) is 2.52. The zero-order valence-electron chi connectivity index (χ0n) is 10.1. The van der Waals surface area contributed by atoms with Gasteiger partial charge < -0.3 is 10.6 Å². The number of rotatable bonds is 2. The molecule has 1 aromatic carbocycles. The fraction of sp³-hybridized carbons (Fsp3) is 0.462. The molecule has 2 rings (SSSR count). The highest BCUT2D eigenvalue weighted by Gasteiger charge is 2.26. The van der Waals surface area contributed by atoms with Crippen molar-refractivity contribution in [3.63, 3.8) is 0 Å². The molecule has 1 amide bonds. The molecule has 1 unspecified atom stereocenters. The van der Waals surface area contributed by atoms with Gasteiger partial charge in [-0.2, -0.15) is 0 Å². The summed E-state index contributed by atoms with van der Waals surface area (Å²) in [7, 11) is 0. The van der Waals surface area contributed by atoms with Crippen LogP contribution in [-0.2, 0) is 11.2 Å². The Hall–Kier alpha value is -1.06. The molecule has 0 aromatic heterocycles. The minimum atomic E-state index is 0. The van der Waals surface area contributed by atoms with Crippen LogP contribution >= 0.6 is 12.4 Å². The summed E-state index contributed by atoms with van der Waals surface area (Å²) in [5.41, 5.74) is 7.79. The van der Waals surface area contributed by atoms with Crippen LogP contribution in [0.5, 0.6) is 0 Å². The molecule has 0 fully saturated rings. The fourth-order valence-corrected chi connectivity index (χ4v) is 2.31. The van der Waals surface area contributed by atoms with Crippen LogP contribution in [0.3, 0.4) is 0 Å². The predicted octanol–water partition coefficient (Wildman–Crippen LogP) is 2.12. The lowest BCUT2D eigenvalue weighted by atomic mass is 9.96. The number of nitrogens with zero attached hydrogens (tertiary/aromatic N) is 1. The topological polar surface area (TPSA) is 46.3 Å². The lowest BCUT2D eigenvalue weighted by molar-refractivity contribution is -0.118. The van der Waals surface area contributed by atoms with Gasteiger partial charge in [0.15, 0.2) is 0 Å². The van der Waals surface area contributed by atoms with E-state index in [0.717, 1.165) is 18.5 Å². The Morgan fingerprint density at radius 3 is 2.88 bits per heavy atom. The molecule has 1 aromatic rings. The molecule has 0 aliphatic carbocycles. The van der Waals surface area contributed by atoms with E-state index < -0.39 is 0 Å².